The van der Waals surface area contributed by atoms with Crippen molar-refractivity contribution in [1.82, 2.24) is 4.90 Å². The molecule has 2 aromatic carbocycles. The first-order chi connectivity index (χ1) is 13.6. The van der Waals surface area contributed by atoms with Crippen molar-refractivity contribution in [2.24, 2.45) is 0 Å². The van der Waals surface area contributed by atoms with Crippen LogP contribution in [0.2, 0.25) is 0 Å². The van der Waals surface area contributed by atoms with E-state index in [1.807, 2.05) is 60.7 Å². The molecule has 2 unspecified atom stereocenters. The monoisotopic (exact) mass is 375 g/mol. The second-order valence-electron chi connectivity index (χ2n) is 7.36. The van der Waals surface area contributed by atoms with Gasteiger partial charge in [-0.2, -0.15) is 0 Å². The van der Waals surface area contributed by atoms with E-state index in [2.05, 4.69) is 11.9 Å². The number of ether oxygens (including phenoxy) is 2. The number of Topliss-reactive ketones (excluding diaryl/α,β-unsaturated/α-hetero) is 1. The molecule has 0 saturated carbocycles. The van der Waals surface area contributed by atoms with Gasteiger partial charge >= 0.3 is 0 Å². The molecular weight excluding hydrogens is 350 g/mol. The minimum absolute atomic E-state index is 0.149. The fraction of sp³-hybridized carbons (Fsp3) is 0.292. The molecule has 2 bridgehead atoms. The quantitative estimate of drug-likeness (QED) is 0.750. The standard InChI is InChI=1S/C24H25NO3/c1-25-22-10-11-23(25)21(15-17-7-5-9-19(13-17)28-3)24(26)20(22)14-16-6-4-8-18(12-16)27-2/h4-9,12-15,22-23H,10-11H2,1-3H3. The Morgan fingerprint density at radius 2 is 1.32 bits per heavy atom. The van der Waals surface area contributed by atoms with Crippen LogP contribution in [0, 0.1) is 0 Å². The third-order valence-electron chi connectivity index (χ3n) is 5.77. The van der Waals surface area contributed by atoms with Crippen LogP contribution in [0.3, 0.4) is 0 Å². The van der Waals surface area contributed by atoms with Crippen molar-refractivity contribution >= 4 is 17.9 Å². The molecule has 2 saturated heterocycles. The molecule has 2 fully saturated rings. The van der Waals surface area contributed by atoms with Crippen molar-refractivity contribution in [3.63, 3.8) is 0 Å². The lowest BCUT2D eigenvalue weighted by Crippen LogP contribution is -2.43. The van der Waals surface area contributed by atoms with E-state index < -0.39 is 0 Å². The zero-order chi connectivity index (χ0) is 19.7. The highest BCUT2D eigenvalue weighted by Crippen LogP contribution is 2.40. The number of methoxy groups -OCH3 is 2. The summed E-state index contributed by atoms with van der Waals surface area (Å²) in [6.45, 7) is 0. The summed E-state index contributed by atoms with van der Waals surface area (Å²) in [5.74, 6) is 1.74. The van der Waals surface area contributed by atoms with Crippen LogP contribution >= 0.6 is 0 Å². The Hall–Kier alpha value is -2.85. The third kappa shape index (κ3) is 3.36. The Bertz CT molecular complexity index is 884. The number of hydrogen-bond acceptors (Lipinski definition) is 4. The zero-order valence-electron chi connectivity index (χ0n) is 16.5. The summed E-state index contributed by atoms with van der Waals surface area (Å²) in [6, 6.07) is 16.0. The lowest BCUT2D eigenvalue weighted by molar-refractivity contribution is -0.114. The Morgan fingerprint density at radius 1 is 0.857 bits per heavy atom. The van der Waals surface area contributed by atoms with E-state index in [4.69, 9.17) is 9.47 Å². The Balaban J connectivity index is 1.75. The van der Waals surface area contributed by atoms with Crippen LogP contribution in [0.25, 0.3) is 12.2 Å². The van der Waals surface area contributed by atoms with Gasteiger partial charge in [-0.3, -0.25) is 9.69 Å². The summed E-state index contributed by atoms with van der Waals surface area (Å²) >= 11 is 0. The van der Waals surface area contributed by atoms with Gasteiger partial charge in [0, 0.05) is 23.2 Å². The Morgan fingerprint density at radius 3 is 1.75 bits per heavy atom. The van der Waals surface area contributed by atoms with Gasteiger partial charge in [-0.25, -0.2) is 0 Å². The van der Waals surface area contributed by atoms with Gasteiger partial charge in [0.1, 0.15) is 11.5 Å². The summed E-state index contributed by atoms with van der Waals surface area (Å²) in [4.78, 5) is 15.8. The van der Waals surface area contributed by atoms with Crippen LogP contribution in [0.1, 0.15) is 24.0 Å². The first-order valence-electron chi connectivity index (χ1n) is 9.58. The molecule has 0 amide bonds. The fourth-order valence-electron chi connectivity index (χ4n) is 4.30. The molecule has 144 valence electrons. The molecule has 4 rings (SSSR count). The van der Waals surface area contributed by atoms with Crippen molar-refractivity contribution < 1.29 is 14.3 Å². The molecule has 2 aromatic rings. The minimum Gasteiger partial charge on any atom is -0.497 e. The maximum Gasteiger partial charge on any atom is 0.188 e. The molecule has 2 atom stereocenters. The van der Waals surface area contributed by atoms with Crippen molar-refractivity contribution in [1.29, 1.82) is 0 Å². The van der Waals surface area contributed by atoms with Crippen molar-refractivity contribution in [3.05, 3.63) is 70.8 Å². The topological polar surface area (TPSA) is 38.8 Å². The Kier molecular flexibility index (Phi) is 5.05. The molecule has 4 heteroatoms. The molecule has 0 spiro atoms. The zero-order valence-corrected chi connectivity index (χ0v) is 16.5. The molecule has 4 nitrogen and oxygen atoms in total. The van der Waals surface area contributed by atoms with Gasteiger partial charge in [0.2, 0.25) is 0 Å². The predicted molar refractivity (Wildman–Crippen MR) is 112 cm³/mol. The number of carbonyl (C=O) groups excluding carboxylic acids is 1. The smallest absolute Gasteiger partial charge is 0.188 e. The van der Waals surface area contributed by atoms with E-state index in [1.54, 1.807) is 14.2 Å². The molecule has 0 aromatic heterocycles. The lowest BCUT2D eigenvalue weighted by Gasteiger charge is -2.34. The number of ketones is 1. The van der Waals surface area contributed by atoms with Crippen molar-refractivity contribution in [3.8, 4) is 11.5 Å². The highest BCUT2D eigenvalue weighted by molar-refractivity contribution is 6.16. The average molecular weight is 375 g/mol. The minimum atomic E-state index is 0.149. The van der Waals surface area contributed by atoms with Gasteiger partial charge < -0.3 is 9.47 Å². The largest absolute Gasteiger partial charge is 0.497 e. The van der Waals surface area contributed by atoms with E-state index in [0.29, 0.717) is 0 Å². The van der Waals surface area contributed by atoms with E-state index in [-0.39, 0.29) is 17.9 Å². The molecule has 28 heavy (non-hydrogen) atoms. The number of nitrogens with zero attached hydrogens (tertiary/aromatic N) is 1. The number of rotatable bonds is 4. The summed E-state index contributed by atoms with van der Waals surface area (Å²) in [5.41, 5.74) is 3.70. The molecular formula is C24H25NO3. The van der Waals surface area contributed by atoms with Gasteiger partial charge in [-0.1, -0.05) is 24.3 Å². The molecule has 2 heterocycles. The second kappa shape index (κ2) is 7.64. The van der Waals surface area contributed by atoms with Crippen LogP contribution in [0.15, 0.2) is 59.7 Å². The predicted octanol–water partition coefficient (Wildman–Crippen LogP) is 4.22. The second-order valence-corrected chi connectivity index (χ2v) is 7.36. The first-order valence-corrected chi connectivity index (χ1v) is 9.58. The fourth-order valence-corrected chi connectivity index (χ4v) is 4.30. The van der Waals surface area contributed by atoms with Gasteiger partial charge in [0.25, 0.3) is 0 Å². The van der Waals surface area contributed by atoms with Crippen LogP contribution in [-0.2, 0) is 4.79 Å². The summed E-state index contributed by atoms with van der Waals surface area (Å²) < 4.78 is 10.7. The van der Waals surface area contributed by atoms with E-state index in [9.17, 15) is 4.79 Å². The number of benzene rings is 2. The maximum absolute atomic E-state index is 13.4. The SMILES string of the molecule is COc1cccc(C=C2C(=O)C(=Cc3cccc(OC)c3)C3CCC2N3C)c1. The third-order valence-corrected chi connectivity index (χ3v) is 5.77. The summed E-state index contributed by atoms with van der Waals surface area (Å²) in [7, 11) is 5.43. The van der Waals surface area contributed by atoms with Crippen LogP contribution in [0.5, 0.6) is 11.5 Å². The number of likely N-dealkylation sites (N-methyl/N-ethyl adjacent to an activating group) is 1. The van der Waals surface area contributed by atoms with Crippen molar-refractivity contribution in [2.75, 3.05) is 21.3 Å². The van der Waals surface area contributed by atoms with Crippen LogP contribution < -0.4 is 9.47 Å². The number of piperidine rings is 1. The average Bonchev–Trinajstić information content (AvgIpc) is 3.04. The van der Waals surface area contributed by atoms with Gasteiger partial charge in [-0.15, -0.1) is 0 Å². The maximum atomic E-state index is 13.4. The molecule has 0 radical (unpaired) electrons. The summed E-state index contributed by atoms with van der Waals surface area (Å²) in [6.07, 6.45) is 6.04. The number of fused-ring (bicyclic) bond motifs is 2. The summed E-state index contributed by atoms with van der Waals surface area (Å²) in [5, 5.41) is 0. The van der Waals surface area contributed by atoms with Gasteiger partial charge in [-0.05, 0) is 67.4 Å². The number of hydrogen-bond donors (Lipinski definition) is 0. The molecule has 0 aliphatic carbocycles. The molecule has 2 aliphatic heterocycles. The van der Waals surface area contributed by atoms with Crippen LogP contribution in [-0.4, -0.2) is 44.0 Å². The highest BCUT2D eigenvalue weighted by atomic mass is 16.5. The van der Waals surface area contributed by atoms with E-state index in [0.717, 1.165) is 46.6 Å². The molecule has 0 N–H and O–H groups in total. The lowest BCUT2D eigenvalue weighted by atomic mass is 9.88. The van der Waals surface area contributed by atoms with E-state index in [1.165, 1.54) is 0 Å². The van der Waals surface area contributed by atoms with Crippen molar-refractivity contribution in [2.45, 2.75) is 24.9 Å². The molecule has 2 aliphatic rings. The van der Waals surface area contributed by atoms with Crippen LogP contribution in [0.4, 0.5) is 0 Å². The van der Waals surface area contributed by atoms with Gasteiger partial charge in [0.05, 0.1) is 14.2 Å². The normalized spacial score (nSPS) is 24.8. The highest BCUT2D eigenvalue weighted by Gasteiger charge is 2.44. The first kappa shape index (κ1) is 18.5. The van der Waals surface area contributed by atoms with E-state index >= 15 is 0 Å². The van der Waals surface area contributed by atoms with Gasteiger partial charge in [0.15, 0.2) is 5.78 Å². The Labute approximate surface area is 166 Å². The number of carbonyl (C=O) groups is 1.